The summed E-state index contributed by atoms with van der Waals surface area (Å²) in [4.78, 5) is 0. The summed E-state index contributed by atoms with van der Waals surface area (Å²) in [6, 6.07) is 0. The average molecular weight is 240 g/mol. The molecule has 0 aromatic heterocycles. The first kappa shape index (κ1) is 23.7. The van der Waals surface area contributed by atoms with Crippen molar-refractivity contribution in [1.82, 2.24) is 0 Å². The van der Waals surface area contributed by atoms with Gasteiger partial charge in [-0.25, -0.2) is 0 Å². The van der Waals surface area contributed by atoms with Crippen LogP contribution >= 0.6 is 0 Å². The van der Waals surface area contributed by atoms with Gasteiger partial charge in [0, 0.05) is 0 Å². The zero-order valence-electron chi connectivity index (χ0n) is 5.50. The molecule has 0 aliphatic carbocycles. The molecule has 0 aromatic rings. The van der Waals surface area contributed by atoms with Gasteiger partial charge in [-0.3, -0.25) is 20.2 Å². The van der Waals surface area contributed by atoms with E-state index in [0.717, 1.165) is 0 Å². The molecule has 0 saturated carbocycles. The van der Waals surface area contributed by atoms with E-state index in [2.05, 4.69) is 30.2 Å². The van der Waals surface area contributed by atoms with E-state index < -0.39 is 0 Å². The van der Waals surface area contributed by atoms with E-state index in [1.165, 1.54) is 0 Å². The molecule has 0 fully saturated rings. The second-order valence-electron chi connectivity index (χ2n) is 0.408. The van der Waals surface area contributed by atoms with Crippen molar-refractivity contribution < 1.29 is 51.3 Å². The Morgan fingerprint density at radius 1 is 0.500 bits per heavy atom. The molecule has 0 heterocycles. The Morgan fingerprint density at radius 2 is 0.667 bits per heavy atom. The number of hydrogen-bond donors (Lipinski definition) is 0. The molecule has 0 spiro atoms. The maximum atomic E-state index is 8.48. The van der Waals surface area contributed by atoms with E-state index in [0.29, 0.717) is 0 Å². The van der Waals surface area contributed by atoms with Crippen molar-refractivity contribution in [2.45, 2.75) is 0 Å². The Balaban J connectivity index is -0.0000000457. The van der Waals surface area contributed by atoms with E-state index in [4.69, 9.17) is 21.0 Å². The molecule has 10 nitrogen and oxygen atoms in total. The van der Waals surface area contributed by atoms with Gasteiger partial charge >= 0.3 is 75.5 Å². The van der Waals surface area contributed by atoms with E-state index in [-0.39, 0.29) is 75.5 Å². The minimum atomic E-state index is 0. The molecule has 0 N–H and O–H groups in total. The van der Waals surface area contributed by atoms with Crippen LogP contribution in [0.5, 0.6) is 0 Å². The molecule has 0 aromatic carbocycles. The second kappa shape index (κ2) is 29.2. The Hall–Kier alpha value is 2.12. The number of rotatable bonds is 4. The molecule has 64 valence electrons. The Kier molecular flexibility index (Phi) is 57.8. The zero-order chi connectivity index (χ0) is 8.24. The summed E-state index contributed by atoms with van der Waals surface area (Å²) < 4.78 is 0. The molecule has 0 radical (unpaired) electrons. The normalized spacial score (nSPS) is 7.00. The fourth-order valence-electron chi connectivity index (χ4n) is 0.0227. The molecule has 12 heteroatoms. The van der Waals surface area contributed by atoms with Crippen LogP contribution in [0, 0.1) is 0 Å². The van der Waals surface area contributed by atoms with Gasteiger partial charge in [0.15, 0.2) is 0 Å². The fraction of sp³-hybridized carbons (Fsp3) is 0. The molecule has 0 amide bonds. The monoisotopic (exact) mass is 240 g/mol. The minimum absolute atomic E-state index is 0. The van der Waals surface area contributed by atoms with Gasteiger partial charge in [-0.05, 0) is 0 Å². The van der Waals surface area contributed by atoms with Crippen LogP contribution < -0.4 is 21.0 Å². The molecule has 0 unspecified atom stereocenters. The second-order valence-corrected chi connectivity index (χ2v) is 0.408. The van der Waals surface area contributed by atoms with Crippen LogP contribution in [-0.4, -0.2) is 75.5 Å². The SMILES string of the molecule is [Ca+2].[Ca+2].[O-]OOO[O-].[O-]OOO[O-]. The molecule has 0 saturated heterocycles. The molecule has 0 rings (SSSR count). The third kappa shape index (κ3) is 40.0. The summed E-state index contributed by atoms with van der Waals surface area (Å²) in [5.74, 6) is 0. The quantitative estimate of drug-likeness (QED) is 0.264. The largest absolute Gasteiger partial charge is 2.00 e. The van der Waals surface area contributed by atoms with Crippen molar-refractivity contribution >= 4 is 75.5 Å². The van der Waals surface area contributed by atoms with Gasteiger partial charge in [0.05, 0.1) is 0 Å². The van der Waals surface area contributed by atoms with Gasteiger partial charge in [-0.2, -0.15) is 0 Å². The fourth-order valence-corrected chi connectivity index (χ4v) is 0.0227. The third-order valence-corrected chi connectivity index (χ3v) is 0.111. The standard InChI is InChI=1S/2Ca.2H2O5/c;;2*1-3-5-4-2/h;;2*1-2H/q2*+2;;/p-4. The Labute approximate surface area is 125 Å². The molecule has 0 aliphatic heterocycles. The van der Waals surface area contributed by atoms with Gasteiger partial charge in [-0.1, -0.05) is 10.1 Å². The Bertz CT molecular complexity index is 28.8. The maximum absolute atomic E-state index is 8.48. The summed E-state index contributed by atoms with van der Waals surface area (Å²) in [5, 5.41) is 49.0. The summed E-state index contributed by atoms with van der Waals surface area (Å²) >= 11 is 0. The van der Waals surface area contributed by atoms with Crippen molar-refractivity contribution in [2.75, 3.05) is 0 Å². The van der Waals surface area contributed by atoms with Crippen LogP contribution in [0.1, 0.15) is 0 Å². The van der Waals surface area contributed by atoms with Gasteiger partial charge in [0.25, 0.3) is 0 Å². The van der Waals surface area contributed by atoms with Crippen LogP contribution in [0.25, 0.3) is 0 Å². The van der Waals surface area contributed by atoms with E-state index in [1.54, 1.807) is 0 Å². The van der Waals surface area contributed by atoms with E-state index in [1.807, 2.05) is 0 Å². The predicted molar refractivity (Wildman–Crippen MR) is 18.0 cm³/mol. The maximum Gasteiger partial charge on any atom is 2.00 e. The molecule has 12 heavy (non-hydrogen) atoms. The van der Waals surface area contributed by atoms with Crippen LogP contribution in [0.3, 0.4) is 0 Å². The summed E-state index contributed by atoms with van der Waals surface area (Å²) in [6.07, 6.45) is 0. The molecule has 0 bridgehead atoms. The van der Waals surface area contributed by atoms with Crippen molar-refractivity contribution in [2.24, 2.45) is 0 Å². The van der Waals surface area contributed by atoms with Crippen LogP contribution in [0.15, 0.2) is 0 Å². The first-order valence-corrected chi connectivity index (χ1v) is 1.33. The molecular weight excluding hydrogens is 240 g/mol. The van der Waals surface area contributed by atoms with Crippen molar-refractivity contribution in [1.29, 1.82) is 0 Å². The Morgan fingerprint density at radius 3 is 0.667 bits per heavy atom. The van der Waals surface area contributed by atoms with Crippen molar-refractivity contribution in [3.8, 4) is 0 Å². The molecular formula is Ca2O10. The van der Waals surface area contributed by atoms with Crippen LogP contribution in [0.4, 0.5) is 0 Å². The minimum Gasteiger partial charge on any atom is -0.690 e. The van der Waals surface area contributed by atoms with Crippen molar-refractivity contribution in [3.63, 3.8) is 0 Å². The first-order valence-electron chi connectivity index (χ1n) is 1.33. The zero-order valence-corrected chi connectivity index (χ0v) is 9.91. The third-order valence-electron chi connectivity index (χ3n) is 0.111. The number of hydrogen-bond acceptors (Lipinski definition) is 10. The van der Waals surface area contributed by atoms with Crippen molar-refractivity contribution in [3.05, 3.63) is 0 Å². The summed E-state index contributed by atoms with van der Waals surface area (Å²) in [7, 11) is 0. The van der Waals surface area contributed by atoms with Crippen LogP contribution in [0.2, 0.25) is 0 Å². The summed E-state index contributed by atoms with van der Waals surface area (Å²) in [6.45, 7) is 0. The van der Waals surface area contributed by atoms with Crippen LogP contribution in [-0.2, 0) is 30.2 Å². The predicted octanol–water partition coefficient (Wildman–Crippen LogP) is -5.93. The van der Waals surface area contributed by atoms with Gasteiger partial charge in [0.1, 0.15) is 0 Å². The smallest absolute Gasteiger partial charge is 0.690 e. The topological polar surface area (TPSA) is 148 Å². The van der Waals surface area contributed by atoms with E-state index in [9.17, 15) is 0 Å². The van der Waals surface area contributed by atoms with Gasteiger partial charge in [-0.15, -0.1) is 0 Å². The molecule has 0 atom stereocenters. The van der Waals surface area contributed by atoms with E-state index >= 15 is 0 Å². The summed E-state index contributed by atoms with van der Waals surface area (Å²) in [5.41, 5.74) is 0. The molecule has 0 aliphatic rings. The average Bonchev–Trinajstić information content (AvgIpc) is 1.93. The van der Waals surface area contributed by atoms with Gasteiger partial charge < -0.3 is 21.0 Å². The first-order chi connectivity index (χ1) is 4.83. The van der Waals surface area contributed by atoms with Gasteiger partial charge in [0.2, 0.25) is 0 Å².